The number of anilines is 1. The highest BCUT2D eigenvalue weighted by Gasteiger charge is 2.40. The molecule has 0 amide bonds. The SMILES string of the molecule is CC(C)(CC1CN(S(=O)(=O)c2cccc(C(F)(F)F)c2)c2cc(-c3cccc(OC(F)F)n3)ccc2O1)C(=O)O. The Bertz CT molecular complexity index is 1530. The summed E-state index contributed by atoms with van der Waals surface area (Å²) in [6.07, 6.45) is -5.88. The molecule has 3 aromatic rings. The van der Waals surface area contributed by atoms with Crippen molar-refractivity contribution in [2.45, 2.75) is 44.1 Å². The predicted octanol–water partition coefficient (Wildman–Crippen LogP) is 5.83. The average Bonchev–Trinajstić information content (AvgIpc) is 2.87. The Kier molecular flexibility index (Phi) is 7.67. The van der Waals surface area contributed by atoms with E-state index >= 15 is 0 Å². The van der Waals surface area contributed by atoms with Crippen LogP contribution in [0.2, 0.25) is 0 Å². The van der Waals surface area contributed by atoms with Gasteiger partial charge in [0, 0.05) is 18.1 Å². The molecule has 0 fully saturated rings. The Hall–Kier alpha value is -3.94. The van der Waals surface area contributed by atoms with Crippen LogP contribution in [0.3, 0.4) is 0 Å². The van der Waals surface area contributed by atoms with E-state index in [1.807, 2.05) is 0 Å². The van der Waals surface area contributed by atoms with E-state index in [1.54, 1.807) is 0 Å². The number of nitrogens with zero attached hydrogens (tertiary/aromatic N) is 2. The molecule has 40 heavy (non-hydrogen) atoms. The Morgan fingerprint density at radius 2 is 1.82 bits per heavy atom. The van der Waals surface area contributed by atoms with Crippen LogP contribution in [0.4, 0.5) is 27.6 Å². The first-order valence-corrected chi connectivity index (χ1v) is 13.2. The van der Waals surface area contributed by atoms with Crippen LogP contribution in [-0.2, 0) is 21.0 Å². The third-order valence-corrected chi connectivity index (χ3v) is 7.96. The van der Waals surface area contributed by atoms with Gasteiger partial charge in [-0.25, -0.2) is 13.4 Å². The van der Waals surface area contributed by atoms with Crippen molar-refractivity contribution in [3.05, 3.63) is 66.2 Å². The van der Waals surface area contributed by atoms with Crippen LogP contribution in [0.15, 0.2) is 65.6 Å². The summed E-state index contributed by atoms with van der Waals surface area (Å²) in [5, 5.41) is 9.56. The molecule has 1 aliphatic rings. The van der Waals surface area contributed by atoms with E-state index in [-0.39, 0.29) is 35.0 Å². The van der Waals surface area contributed by atoms with Gasteiger partial charge >= 0.3 is 18.8 Å². The number of carboxylic acid groups (broad SMARTS) is 1. The molecule has 1 N–H and O–H groups in total. The highest BCUT2D eigenvalue weighted by molar-refractivity contribution is 7.92. The fraction of sp³-hybridized carbons (Fsp3) is 0.308. The number of aromatic nitrogens is 1. The van der Waals surface area contributed by atoms with Crippen LogP contribution >= 0.6 is 0 Å². The second-order valence-electron chi connectivity index (χ2n) is 9.62. The van der Waals surface area contributed by atoms with Crippen molar-refractivity contribution in [2.24, 2.45) is 5.41 Å². The minimum absolute atomic E-state index is 0.0247. The zero-order chi connectivity index (χ0) is 29.5. The van der Waals surface area contributed by atoms with E-state index in [0.29, 0.717) is 6.07 Å². The quantitative estimate of drug-likeness (QED) is 0.331. The van der Waals surface area contributed by atoms with Gasteiger partial charge in [0.1, 0.15) is 11.9 Å². The summed E-state index contributed by atoms with van der Waals surface area (Å²) >= 11 is 0. The van der Waals surface area contributed by atoms with Crippen molar-refractivity contribution in [3.8, 4) is 22.9 Å². The molecule has 1 unspecified atom stereocenters. The van der Waals surface area contributed by atoms with Crippen molar-refractivity contribution in [3.63, 3.8) is 0 Å². The van der Waals surface area contributed by atoms with E-state index in [9.17, 15) is 40.3 Å². The molecule has 0 bridgehead atoms. The number of fused-ring (bicyclic) bond motifs is 1. The molecule has 1 atom stereocenters. The number of sulfonamides is 1. The molecule has 2 heterocycles. The molecule has 2 aromatic carbocycles. The zero-order valence-electron chi connectivity index (χ0n) is 21.0. The number of benzene rings is 2. The van der Waals surface area contributed by atoms with E-state index in [4.69, 9.17) is 4.74 Å². The van der Waals surface area contributed by atoms with Gasteiger partial charge in [0.25, 0.3) is 10.0 Å². The molecule has 214 valence electrons. The number of carboxylic acids is 1. The van der Waals surface area contributed by atoms with Crippen LogP contribution in [0.5, 0.6) is 11.6 Å². The summed E-state index contributed by atoms with van der Waals surface area (Å²) in [5.74, 6) is -1.51. The molecule has 8 nitrogen and oxygen atoms in total. The second kappa shape index (κ2) is 10.6. The lowest BCUT2D eigenvalue weighted by atomic mass is 9.86. The van der Waals surface area contributed by atoms with Crippen molar-refractivity contribution < 1.29 is 49.7 Å². The maximum Gasteiger partial charge on any atom is 0.416 e. The molecule has 0 saturated carbocycles. The number of hydrogen-bond acceptors (Lipinski definition) is 6. The lowest BCUT2D eigenvalue weighted by Crippen LogP contribution is -2.46. The number of pyridine rings is 1. The molecular formula is C26H23F5N2O6S. The first-order chi connectivity index (χ1) is 18.6. The highest BCUT2D eigenvalue weighted by Crippen LogP contribution is 2.42. The van der Waals surface area contributed by atoms with Gasteiger partial charge in [0.2, 0.25) is 5.88 Å². The maximum absolute atomic E-state index is 13.8. The maximum atomic E-state index is 13.8. The third-order valence-electron chi connectivity index (χ3n) is 6.19. The number of hydrogen-bond donors (Lipinski definition) is 1. The van der Waals surface area contributed by atoms with Gasteiger partial charge in [0.15, 0.2) is 0 Å². The van der Waals surface area contributed by atoms with Gasteiger partial charge < -0.3 is 14.6 Å². The summed E-state index contributed by atoms with van der Waals surface area (Å²) < 4.78 is 104. The molecule has 4 rings (SSSR count). The van der Waals surface area contributed by atoms with Gasteiger partial charge in [-0.2, -0.15) is 22.0 Å². The van der Waals surface area contributed by atoms with Crippen LogP contribution in [0.1, 0.15) is 25.8 Å². The van der Waals surface area contributed by atoms with Crippen molar-refractivity contribution in [1.29, 1.82) is 0 Å². The topological polar surface area (TPSA) is 106 Å². The minimum atomic E-state index is -4.80. The molecule has 1 aliphatic heterocycles. The van der Waals surface area contributed by atoms with Gasteiger partial charge in [0.05, 0.1) is 33.8 Å². The van der Waals surface area contributed by atoms with E-state index in [2.05, 4.69) is 9.72 Å². The lowest BCUT2D eigenvalue weighted by Gasteiger charge is -2.37. The number of carbonyl (C=O) groups is 1. The molecule has 0 spiro atoms. The molecule has 14 heteroatoms. The molecule has 0 saturated heterocycles. The average molecular weight is 587 g/mol. The fourth-order valence-corrected chi connectivity index (χ4v) is 5.70. The first kappa shape index (κ1) is 29.1. The summed E-state index contributed by atoms with van der Waals surface area (Å²) in [7, 11) is -4.63. The second-order valence-corrected chi connectivity index (χ2v) is 11.5. The number of alkyl halides is 5. The van der Waals surface area contributed by atoms with E-state index in [0.717, 1.165) is 22.5 Å². The smallest absolute Gasteiger partial charge is 0.416 e. The van der Waals surface area contributed by atoms with E-state index in [1.165, 1.54) is 50.2 Å². The Morgan fingerprint density at radius 1 is 1.12 bits per heavy atom. The molecule has 1 aromatic heterocycles. The number of rotatable bonds is 8. The largest absolute Gasteiger partial charge is 0.486 e. The predicted molar refractivity (Wildman–Crippen MR) is 133 cm³/mol. The Morgan fingerprint density at radius 3 is 2.48 bits per heavy atom. The fourth-order valence-electron chi connectivity index (χ4n) is 4.15. The van der Waals surface area contributed by atoms with Crippen molar-refractivity contribution >= 4 is 21.7 Å². The molecule has 0 aliphatic carbocycles. The Balaban J connectivity index is 1.82. The van der Waals surface area contributed by atoms with Gasteiger partial charge in [-0.1, -0.05) is 12.1 Å². The van der Waals surface area contributed by atoms with Crippen molar-refractivity contribution in [2.75, 3.05) is 10.8 Å². The summed E-state index contributed by atoms with van der Waals surface area (Å²) in [4.78, 5) is 15.1. The van der Waals surface area contributed by atoms with Crippen LogP contribution in [-0.4, -0.2) is 43.7 Å². The standard InChI is InChI=1S/C26H23F5N2O6S/c1-25(2,23(34)35)13-17-14-33(40(36,37)18-6-3-5-16(12-18)26(29,30)31)20-11-15(9-10-21(20)38-17)19-7-4-8-22(32-19)39-24(27)28/h3-12,17,24H,13-14H2,1-2H3,(H,34,35). The number of aliphatic carboxylic acids is 1. The first-order valence-electron chi connectivity index (χ1n) is 11.7. The zero-order valence-corrected chi connectivity index (χ0v) is 21.8. The molecular weight excluding hydrogens is 563 g/mol. The summed E-state index contributed by atoms with van der Waals surface area (Å²) in [5.41, 5.74) is -2.12. The van der Waals surface area contributed by atoms with Crippen molar-refractivity contribution in [1.82, 2.24) is 4.98 Å². The van der Waals surface area contributed by atoms with Gasteiger partial charge in [-0.3, -0.25) is 9.10 Å². The number of ether oxygens (including phenoxy) is 2. The lowest BCUT2D eigenvalue weighted by molar-refractivity contribution is -0.148. The van der Waals surface area contributed by atoms with Crippen LogP contribution < -0.4 is 13.8 Å². The summed E-state index contributed by atoms with van der Waals surface area (Å²) in [6, 6.07) is 11.5. The highest BCUT2D eigenvalue weighted by atomic mass is 32.2. The monoisotopic (exact) mass is 586 g/mol. The van der Waals surface area contributed by atoms with E-state index < -0.39 is 57.3 Å². The normalized spacial score (nSPS) is 15.9. The van der Waals surface area contributed by atoms with Crippen LogP contribution in [0, 0.1) is 5.41 Å². The van der Waals surface area contributed by atoms with Gasteiger partial charge in [-0.15, -0.1) is 0 Å². The van der Waals surface area contributed by atoms with Crippen LogP contribution in [0.25, 0.3) is 11.3 Å². The third kappa shape index (κ3) is 6.11. The minimum Gasteiger partial charge on any atom is -0.486 e. The Labute approximate surface area is 226 Å². The van der Waals surface area contributed by atoms with Gasteiger partial charge in [-0.05, 0) is 56.3 Å². The summed E-state index contributed by atoms with van der Waals surface area (Å²) in [6.45, 7) is -0.667. The molecule has 0 radical (unpaired) electrons. The number of halogens is 5.